The first kappa shape index (κ1) is 12.8. The van der Waals surface area contributed by atoms with Crippen LogP contribution in [0.15, 0.2) is 18.2 Å². The number of rotatable bonds is 4. The van der Waals surface area contributed by atoms with Crippen molar-refractivity contribution in [3.63, 3.8) is 0 Å². The monoisotopic (exact) mass is 251 g/mol. The number of benzene rings is 1. The molecule has 0 bridgehead atoms. The molecule has 17 heavy (non-hydrogen) atoms. The van der Waals surface area contributed by atoms with Gasteiger partial charge >= 0.3 is 0 Å². The van der Waals surface area contributed by atoms with Crippen LogP contribution in [0.25, 0.3) is 0 Å². The third kappa shape index (κ3) is 2.78. The van der Waals surface area contributed by atoms with Crippen molar-refractivity contribution in [3.05, 3.63) is 29.3 Å². The van der Waals surface area contributed by atoms with Gasteiger partial charge in [-0.25, -0.2) is 0 Å². The SMILES string of the molecule is COc1ccc2c(c1)C(N)C(SCC(C)C)C2. The first-order chi connectivity index (χ1) is 8.11. The Kier molecular flexibility index (Phi) is 4.00. The van der Waals surface area contributed by atoms with Gasteiger partial charge < -0.3 is 10.5 Å². The standard InChI is InChI=1S/C14H21NOS/c1-9(2)8-17-13-6-10-4-5-11(16-3)7-12(10)14(13)15/h4-5,7,9,13-14H,6,8,15H2,1-3H3. The van der Waals surface area contributed by atoms with Gasteiger partial charge in [0.1, 0.15) is 5.75 Å². The summed E-state index contributed by atoms with van der Waals surface area (Å²) in [6, 6.07) is 6.44. The van der Waals surface area contributed by atoms with E-state index in [-0.39, 0.29) is 6.04 Å². The predicted octanol–water partition coefficient (Wildman–Crippen LogP) is 3.01. The van der Waals surface area contributed by atoms with Crippen molar-refractivity contribution < 1.29 is 4.74 Å². The molecule has 0 spiro atoms. The lowest BCUT2D eigenvalue weighted by atomic mass is 10.1. The average molecular weight is 251 g/mol. The van der Waals surface area contributed by atoms with Crippen LogP contribution in [-0.2, 0) is 6.42 Å². The Morgan fingerprint density at radius 1 is 1.47 bits per heavy atom. The maximum atomic E-state index is 6.32. The lowest BCUT2D eigenvalue weighted by molar-refractivity contribution is 0.414. The van der Waals surface area contributed by atoms with E-state index in [9.17, 15) is 0 Å². The van der Waals surface area contributed by atoms with E-state index in [1.807, 2.05) is 17.8 Å². The van der Waals surface area contributed by atoms with Gasteiger partial charge in [0.15, 0.2) is 0 Å². The second-order valence-electron chi connectivity index (χ2n) is 5.06. The van der Waals surface area contributed by atoms with Gasteiger partial charge in [0, 0.05) is 11.3 Å². The molecule has 0 amide bonds. The van der Waals surface area contributed by atoms with Gasteiger partial charge in [0.25, 0.3) is 0 Å². The van der Waals surface area contributed by atoms with Gasteiger partial charge in [-0.3, -0.25) is 0 Å². The van der Waals surface area contributed by atoms with Gasteiger partial charge in [-0.1, -0.05) is 19.9 Å². The number of methoxy groups -OCH3 is 1. The van der Waals surface area contributed by atoms with Crippen molar-refractivity contribution >= 4 is 11.8 Å². The minimum absolute atomic E-state index is 0.156. The third-order valence-corrected chi connectivity index (χ3v) is 4.92. The maximum absolute atomic E-state index is 6.32. The van der Waals surface area contributed by atoms with E-state index in [0.717, 1.165) is 18.1 Å². The van der Waals surface area contributed by atoms with Crippen molar-refractivity contribution in [1.29, 1.82) is 0 Å². The van der Waals surface area contributed by atoms with Gasteiger partial charge in [-0.05, 0) is 41.4 Å². The molecule has 2 nitrogen and oxygen atoms in total. The van der Waals surface area contributed by atoms with Crippen LogP contribution in [0.2, 0.25) is 0 Å². The van der Waals surface area contributed by atoms with E-state index in [0.29, 0.717) is 5.25 Å². The zero-order valence-corrected chi connectivity index (χ0v) is 11.6. The second kappa shape index (κ2) is 5.32. The lowest BCUT2D eigenvalue weighted by Crippen LogP contribution is -2.20. The normalized spacial score (nSPS) is 22.9. The van der Waals surface area contributed by atoms with E-state index in [1.54, 1.807) is 7.11 Å². The Labute approximate surface area is 108 Å². The van der Waals surface area contributed by atoms with E-state index < -0.39 is 0 Å². The summed E-state index contributed by atoms with van der Waals surface area (Å²) in [4.78, 5) is 0. The molecule has 0 saturated heterocycles. The molecule has 0 radical (unpaired) electrons. The molecule has 2 atom stereocenters. The molecular weight excluding hydrogens is 230 g/mol. The minimum atomic E-state index is 0.156. The highest BCUT2D eigenvalue weighted by atomic mass is 32.2. The Morgan fingerprint density at radius 2 is 2.24 bits per heavy atom. The minimum Gasteiger partial charge on any atom is -0.497 e. The highest BCUT2D eigenvalue weighted by Gasteiger charge is 2.30. The van der Waals surface area contributed by atoms with Crippen LogP contribution in [0.4, 0.5) is 0 Å². The van der Waals surface area contributed by atoms with Crippen molar-refractivity contribution in [3.8, 4) is 5.75 Å². The molecule has 0 heterocycles. The van der Waals surface area contributed by atoms with Gasteiger partial charge in [-0.15, -0.1) is 0 Å². The molecular formula is C14H21NOS. The van der Waals surface area contributed by atoms with E-state index in [4.69, 9.17) is 10.5 Å². The number of hydrogen-bond donors (Lipinski definition) is 1. The maximum Gasteiger partial charge on any atom is 0.119 e. The summed E-state index contributed by atoms with van der Waals surface area (Å²) in [6.07, 6.45) is 1.10. The third-order valence-electron chi connectivity index (χ3n) is 3.18. The van der Waals surface area contributed by atoms with Crippen LogP contribution in [-0.4, -0.2) is 18.1 Å². The molecule has 2 N–H and O–H groups in total. The van der Waals surface area contributed by atoms with Crippen LogP contribution in [0.3, 0.4) is 0 Å². The van der Waals surface area contributed by atoms with E-state index in [2.05, 4.69) is 26.0 Å². The fraction of sp³-hybridized carbons (Fsp3) is 0.571. The molecule has 0 fully saturated rings. The zero-order chi connectivity index (χ0) is 12.4. The van der Waals surface area contributed by atoms with Gasteiger partial charge in [0.05, 0.1) is 7.11 Å². The van der Waals surface area contributed by atoms with Crippen LogP contribution in [0.1, 0.15) is 31.0 Å². The number of nitrogens with two attached hydrogens (primary N) is 1. The smallest absolute Gasteiger partial charge is 0.119 e. The predicted molar refractivity (Wildman–Crippen MR) is 74.7 cm³/mol. The summed E-state index contributed by atoms with van der Waals surface area (Å²) in [7, 11) is 1.70. The summed E-state index contributed by atoms with van der Waals surface area (Å²) < 4.78 is 5.26. The molecule has 0 saturated carbocycles. The molecule has 1 aromatic carbocycles. The Bertz CT molecular complexity index is 392. The molecule has 1 aromatic rings. The molecule has 0 aliphatic heterocycles. The number of fused-ring (bicyclic) bond motifs is 1. The van der Waals surface area contributed by atoms with Crippen molar-refractivity contribution in [2.45, 2.75) is 31.6 Å². The Hall–Kier alpha value is -0.670. The Morgan fingerprint density at radius 3 is 2.88 bits per heavy atom. The van der Waals surface area contributed by atoms with Crippen LogP contribution >= 0.6 is 11.8 Å². The highest BCUT2D eigenvalue weighted by molar-refractivity contribution is 7.99. The van der Waals surface area contributed by atoms with Crippen LogP contribution < -0.4 is 10.5 Å². The van der Waals surface area contributed by atoms with Crippen molar-refractivity contribution in [2.75, 3.05) is 12.9 Å². The quantitative estimate of drug-likeness (QED) is 0.893. The molecule has 1 aliphatic rings. The fourth-order valence-corrected chi connectivity index (χ4v) is 3.50. The largest absolute Gasteiger partial charge is 0.497 e. The zero-order valence-electron chi connectivity index (χ0n) is 10.8. The lowest BCUT2D eigenvalue weighted by Gasteiger charge is -2.16. The molecule has 1 aliphatic carbocycles. The average Bonchev–Trinajstić information content (AvgIpc) is 2.63. The number of hydrogen-bond acceptors (Lipinski definition) is 3. The molecule has 2 rings (SSSR count). The molecule has 94 valence electrons. The molecule has 0 aromatic heterocycles. The fourth-order valence-electron chi connectivity index (χ4n) is 2.22. The second-order valence-corrected chi connectivity index (χ2v) is 6.33. The number of ether oxygens (including phenoxy) is 1. The van der Waals surface area contributed by atoms with Gasteiger partial charge in [-0.2, -0.15) is 11.8 Å². The summed E-state index contributed by atoms with van der Waals surface area (Å²) >= 11 is 2.00. The topological polar surface area (TPSA) is 35.2 Å². The summed E-state index contributed by atoms with van der Waals surface area (Å²) in [6.45, 7) is 4.51. The van der Waals surface area contributed by atoms with Gasteiger partial charge in [0.2, 0.25) is 0 Å². The van der Waals surface area contributed by atoms with E-state index in [1.165, 1.54) is 16.9 Å². The first-order valence-corrected chi connectivity index (χ1v) is 7.20. The highest BCUT2D eigenvalue weighted by Crippen LogP contribution is 2.39. The number of thioether (sulfide) groups is 1. The summed E-state index contributed by atoms with van der Waals surface area (Å²) in [5.74, 6) is 2.82. The van der Waals surface area contributed by atoms with E-state index >= 15 is 0 Å². The van der Waals surface area contributed by atoms with Crippen molar-refractivity contribution in [1.82, 2.24) is 0 Å². The molecule has 2 unspecified atom stereocenters. The molecule has 3 heteroatoms. The van der Waals surface area contributed by atoms with Crippen LogP contribution in [0.5, 0.6) is 5.75 Å². The summed E-state index contributed by atoms with van der Waals surface area (Å²) in [5, 5.41) is 0.527. The van der Waals surface area contributed by atoms with Crippen molar-refractivity contribution in [2.24, 2.45) is 11.7 Å². The summed E-state index contributed by atoms with van der Waals surface area (Å²) in [5.41, 5.74) is 8.98. The van der Waals surface area contributed by atoms with Crippen LogP contribution in [0, 0.1) is 5.92 Å². The Balaban J connectivity index is 2.09. The first-order valence-electron chi connectivity index (χ1n) is 6.15.